The molecule has 0 aromatic rings. The molecule has 2 N–H and O–H groups in total. The first kappa shape index (κ1) is 18.0. The van der Waals surface area contributed by atoms with E-state index in [2.05, 4.69) is 53.3 Å². The lowest BCUT2D eigenvalue weighted by Crippen LogP contribution is -2.52. The third-order valence-electron chi connectivity index (χ3n) is 5.81. The average Bonchev–Trinajstić information content (AvgIpc) is 3.33. The van der Waals surface area contributed by atoms with Crippen LogP contribution in [-0.4, -0.2) is 98.7 Å². The van der Waals surface area contributed by atoms with Crippen molar-refractivity contribution >= 4 is 5.96 Å². The smallest absolute Gasteiger partial charge is 0.191 e. The summed E-state index contributed by atoms with van der Waals surface area (Å²) < 4.78 is 0. The largest absolute Gasteiger partial charge is 0.357 e. The van der Waals surface area contributed by atoms with Crippen molar-refractivity contribution in [1.29, 1.82) is 0 Å². The van der Waals surface area contributed by atoms with Gasteiger partial charge in [0, 0.05) is 57.4 Å². The summed E-state index contributed by atoms with van der Waals surface area (Å²) in [5.41, 5.74) is 0. The molecule has 0 amide bonds. The minimum atomic E-state index is 0.517. The summed E-state index contributed by atoms with van der Waals surface area (Å²) >= 11 is 0. The van der Waals surface area contributed by atoms with Gasteiger partial charge in [0.2, 0.25) is 0 Å². The van der Waals surface area contributed by atoms with Gasteiger partial charge >= 0.3 is 0 Å². The molecule has 2 heterocycles. The molecule has 1 aliphatic carbocycles. The first-order valence-electron chi connectivity index (χ1n) is 9.74. The van der Waals surface area contributed by atoms with E-state index in [0.29, 0.717) is 18.0 Å². The number of likely N-dealkylation sites (tertiary alicyclic amines) is 1. The van der Waals surface area contributed by atoms with Gasteiger partial charge in [0.1, 0.15) is 0 Å². The van der Waals surface area contributed by atoms with Crippen LogP contribution in [0.3, 0.4) is 0 Å². The average molecular weight is 337 g/mol. The van der Waals surface area contributed by atoms with E-state index in [1.807, 2.05) is 0 Å². The standard InChI is InChI=1S/C18H36N6/c1-5-19-18(20-10-16-12-22(3)8-9-23(16)4)21-17-13-24(11-14(17)2)15-6-7-15/h14-17H,5-13H2,1-4H3,(H2,19,20,21). The maximum Gasteiger partial charge on any atom is 0.191 e. The Morgan fingerprint density at radius 1 is 1.12 bits per heavy atom. The van der Waals surface area contributed by atoms with Crippen molar-refractivity contribution in [3.8, 4) is 0 Å². The zero-order chi connectivity index (χ0) is 17.1. The molecular formula is C18H36N6. The van der Waals surface area contributed by atoms with Crippen molar-refractivity contribution in [1.82, 2.24) is 25.3 Å². The van der Waals surface area contributed by atoms with Crippen LogP contribution in [0.2, 0.25) is 0 Å². The molecule has 6 nitrogen and oxygen atoms in total. The molecule has 0 radical (unpaired) electrons. The monoisotopic (exact) mass is 336 g/mol. The third-order valence-corrected chi connectivity index (χ3v) is 5.81. The molecule has 2 saturated heterocycles. The lowest BCUT2D eigenvalue weighted by Gasteiger charge is -2.37. The topological polar surface area (TPSA) is 46.1 Å². The highest BCUT2D eigenvalue weighted by molar-refractivity contribution is 5.80. The molecule has 24 heavy (non-hydrogen) atoms. The van der Waals surface area contributed by atoms with Crippen molar-refractivity contribution in [2.24, 2.45) is 10.9 Å². The summed E-state index contributed by atoms with van der Waals surface area (Å²) in [7, 11) is 4.43. The highest BCUT2D eigenvalue weighted by Crippen LogP contribution is 2.31. The molecule has 1 saturated carbocycles. The number of nitrogens with one attached hydrogen (secondary N) is 2. The predicted octanol–water partition coefficient (Wildman–Crippen LogP) is 0.270. The molecule has 0 bridgehead atoms. The number of aliphatic imine (C=N–C) groups is 1. The molecule has 3 unspecified atom stereocenters. The minimum Gasteiger partial charge on any atom is -0.357 e. The molecule has 6 heteroatoms. The SMILES string of the molecule is CCNC(=NCC1CN(C)CCN1C)NC1CN(C2CC2)CC1C. The summed E-state index contributed by atoms with van der Waals surface area (Å²) in [4.78, 5) is 12.4. The van der Waals surface area contributed by atoms with Crippen LogP contribution in [0.4, 0.5) is 0 Å². The van der Waals surface area contributed by atoms with E-state index in [0.717, 1.165) is 44.7 Å². The molecular weight excluding hydrogens is 300 g/mol. The van der Waals surface area contributed by atoms with Gasteiger partial charge in [-0.05, 0) is 39.8 Å². The van der Waals surface area contributed by atoms with Crippen LogP contribution >= 0.6 is 0 Å². The van der Waals surface area contributed by atoms with E-state index in [9.17, 15) is 0 Å². The zero-order valence-corrected chi connectivity index (χ0v) is 16.0. The third kappa shape index (κ3) is 4.61. The molecule has 2 aliphatic heterocycles. The highest BCUT2D eigenvalue weighted by Gasteiger charge is 2.38. The van der Waals surface area contributed by atoms with Gasteiger partial charge in [-0.2, -0.15) is 0 Å². The molecule has 0 aromatic carbocycles. The fourth-order valence-corrected chi connectivity index (χ4v) is 3.92. The van der Waals surface area contributed by atoms with Gasteiger partial charge < -0.3 is 15.5 Å². The summed E-state index contributed by atoms with van der Waals surface area (Å²) in [5.74, 6) is 1.69. The Bertz CT molecular complexity index is 435. The Morgan fingerprint density at radius 3 is 2.62 bits per heavy atom. The lowest BCUT2D eigenvalue weighted by molar-refractivity contribution is 0.119. The quantitative estimate of drug-likeness (QED) is 0.557. The number of rotatable bonds is 5. The molecule has 3 aliphatic rings. The van der Waals surface area contributed by atoms with Crippen LogP contribution in [0, 0.1) is 5.92 Å². The van der Waals surface area contributed by atoms with Gasteiger partial charge in [-0.1, -0.05) is 6.92 Å². The fraction of sp³-hybridized carbons (Fsp3) is 0.944. The Kier molecular flexibility index (Phi) is 6.00. The van der Waals surface area contributed by atoms with Crippen LogP contribution in [0.5, 0.6) is 0 Å². The number of piperazine rings is 1. The van der Waals surface area contributed by atoms with Gasteiger partial charge in [-0.25, -0.2) is 0 Å². The van der Waals surface area contributed by atoms with Gasteiger partial charge in [0.15, 0.2) is 5.96 Å². The number of nitrogens with zero attached hydrogens (tertiary/aromatic N) is 4. The Balaban J connectivity index is 1.55. The first-order valence-corrected chi connectivity index (χ1v) is 9.74. The number of hydrogen-bond donors (Lipinski definition) is 2. The Hall–Kier alpha value is -0.850. The van der Waals surface area contributed by atoms with Gasteiger partial charge in [-0.3, -0.25) is 14.8 Å². The van der Waals surface area contributed by atoms with Crippen LogP contribution in [0.15, 0.2) is 4.99 Å². The molecule has 3 fully saturated rings. The van der Waals surface area contributed by atoms with Gasteiger partial charge in [0.05, 0.1) is 6.54 Å². The van der Waals surface area contributed by atoms with Crippen molar-refractivity contribution in [2.75, 3.05) is 59.9 Å². The predicted molar refractivity (Wildman–Crippen MR) is 101 cm³/mol. The van der Waals surface area contributed by atoms with Crippen LogP contribution in [0.1, 0.15) is 26.7 Å². The van der Waals surface area contributed by atoms with E-state index in [1.54, 1.807) is 0 Å². The van der Waals surface area contributed by atoms with Crippen LogP contribution in [-0.2, 0) is 0 Å². The molecule has 0 aromatic heterocycles. The fourth-order valence-electron chi connectivity index (χ4n) is 3.92. The minimum absolute atomic E-state index is 0.517. The zero-order valence-electron chi connectivity index (χ0n) is 16.0. The summed E-state index contributed by atoms with van der Waals surface area (Å²) in [6.45, 7) is 12.1. The number of guanidine groups is 1. The summed E-state index contributed by atoms with van der Waals surface area (Å²) in [6.07, 6.45) is 2.80. The molecule has 3 atom stereocenters. The molecule has 138 valence electrons. The second-order valence-electron chi connectivity index (χ2n) is 8.03. The van der Waals surface area contributed by atoms with E-state index in [1.165, 1.54) is 25.9 Å². The Labute approximate surface area is 147 Å². The highest BCUT2D eigenvalue weighted by atomic mass is 15.3. The second-order valence-corrected chi connectivity index (χ2v) is 8.03. The van der Waals surface area contributed by atoms with E-state index >= 15 is 0 Å². The van der Waals surface area contributed by atoms with Crippen LogP contribution in [0.25, 0.3) is 0 Å². The van der Waals surface area contributed by atoms with Crippen molar-refractivity contribution in [3.05, 3.63) is 0 Å². The number of hydrogen-bond acceptors (Lipinski definition) is 4. The van der Waals surface area contributed by atoms with Crippen molar-refractivity contribution in [2.45, 2.75) is 44.8 Å². The summed E-state index contributed by atoms with van der Waals surface area (Å²) in [6, 6.07) is 1.91. The van der Waals surface area contributed by atoms with E-state index in [-0.39, 0.29) is 0 Å². The van der Waals surface area contributed by atoms with E-state index in [4.69, 9.17) is 4.99 Å². The van der Waals surface area contributed by atoms with Gasteiger partial charge in [-0.15, -0.1) is 0 Å². The molecule has 3 rings (SSSR count). The second kappa shape index (κ2) is 8.02. The maximum absolute atomic E-state index is 4.91. The van der Waals surface area contributed by atoms with E-state index < -0.39 is 0 Å². The number of likely N-dealkylation sites (N-methyl/N-ethyl adjacent to an activating group) is 2. The maximum atomic E-state index is 4.91. The molecule has 0 spiro atoms. The van der Waals surface area contributed by atoms with Gasteiger partial charge in [0.25, 0.3) is 0 Å². The van der Waals surface area contributed by atoms with Crippen molar-refractivity contribution < 1.29 is 0 Å². The lowest BCUT2D eigenvalue weighted by atomic mass is 10.1. The first-order chi connectivity index (χ1) is 11.6. The normalized spacial score (nSPS) is 33.8. The Morgan fingerprint density at radius 2 is 1.92 bits per heavy atom. The van der Waals surface area contributed by atoms with Crippen LogP contribution < -0.4 is 10.6 Å². The van der Waals surface area contributed by atoms with Crippen molar-refractivity contribution in [3.63, 3.8) is 0 Å². The summed E-state index contributed by atoms with van der Waals surface area (Å²) in [5, 5.41) is 7.15.